The van der Waals surface area contributed by atoms with Crippen molar-refractivity contribution in [3.63, 3.8) is 0 Å². The van der Waals surface area contributed by atoms with Crippen molar-refractivity contribution < 1.29 is 13.9 Å². The summed E-state index contributed by atoms with van der Waals surface area (Å²) in [5.41, 5.74) is 2.79. The number of carbonyl (C=O) groups is 1. The van der Waals surface area contributed by atoms with E-state index in [1.165, 1.54) is 6.92 Å². The first-order chi connectivity index (χ1) is 12.0. The van der Waals surface area contributed by atoms with Crippen molar-refractivity contribution in [3.05, 3.63) is 73.1 Å². The number of halogens is 1. The lowest BCUT2D eigenvalue weighted by atomic mass is 10.00. The van der Waals surface area contributed by atoms with Crippen molar-refractivity contribution in [1.29, 1.82) is 0 Å². The van der Waals surface area contributed by atoms with E-state index in [9.17, 15) is 9.59 Å². The van der Waals surface area contributed by atoms with Gasteiger partial charge in [-0.15, -0.1) is 0 Å². The maximum absolute atomic E-state index is 12.5. The summed E-state index contributed by atoms with van der Waals surface area (Å²) in [6.07, 6.45) is 0.532. The van der Waals surface area contributed by atoms with E-state index in [-0.39, 0.29) is 18.0 Å². The summed E-state index contributed by atoms with van der Waals surface area (Å²) >= 11 is 2.09. The highest BCUT2D eigenvalue weighted by atomic mass is 127. The highest BCUT2D eigenvalue weighted by Gasteiger charge is 2.16. The minimum absolute atomic E-state index is 0.00316. The van der Waals surface area contributed by atoms with Gasteiger partial charge in [0.15, 0.2) is 11.4 Å². The maximum atomic E-state index is 12.5. The van der Waals surface area contributed by atoms with Gasteiger partial charge in [0.05, 0.1) is 3.57 Å². The molecule has 0 aliphatic heterocycles. The molecule has 0 saturated carbocycles. The van der Waals surface area contributed by atoms with Crippen LogP contribution in [0.4, 0.5) is 0 Å². The molecule has 0 unspecified atom stereocenters. The lowest BCUT2D eigenvalue weighted by molar-refractivity contribution is -0.118. The van der Waals surface area contributed by atoms with Gasteiger partial charge in [0.2, 0.25) is 0 Å². The van der Waals surface area contributed by atoms with Crippen molar-refractivity contribution in [1.82, 2.24) is 0 Å². The van der Waals surface area contributed by atoms with Gasteiger partial charge in [-0.25, -0.2) is 4.79 Å². The van der Waals surface area contributed by atoms with E-state index < -0.39 is 0 Å². The first-order valence-electron chi connectivity index (χ1n) is 7.88. The summed E-state index contributed by atoms with van der Waals surface area (Å²) in [6, 6.07) is 13.5. The molecule has 3 rings (SSSR count). The number of fused-ring (bicyclic) bond motifs is 1. The van der Waals surface area contributed by atoms with Crippen LogP contribution in [0.2, 0.25) is 0 Å². The van der Waals surface area contributed by atoms with Crippen LogP contribution in [-0.2, 0) is 11.2 Å². The highest BCUT2D eigenvalue weighted by Crippen LogP contribution is 2.31. The van der Waals surface area contributed by atoms with Crippen LogP contribution in [-0.4, -0.2) is 12.4 Å². The number of ketones is 1. The number of ether oxygens (including phenoxy) is 1. The minimum atomic E-state index is -0.338. The zero-order valence-corrected chi connectivity index (χ0v) is 16.1. The maximum Gasteiger partial charge on any atom is 0.340 e. The average molecular weight is 448 g/mol. The Morgan fingerprint density at radius 1 is 1.16 bits per heavy atom. The van der Waals surface area contributed by atoms with E-state index in [2.05, 4.69) is 22.6 Å². The lowest BCUT2D eigenvalue weighted by Crippen LogP contribution is -2.12. The van der Waals surface area contributed by atoms with Crippen molar-refractivity contribution in [2.45, 2.75) is 20.3 Å². The molecular formula is C20H17IO4. The Morgan fingerprint density at radius 3 is 2.56 bits per heavy atom. The molecular weight excluding hydrogens is 431 g/mol. The van der Waals surface area contributed by atoms with E-state index in [1.54, 1.807) is 0 Å². The molecule has 0 atom stereocenters. The standard InChI is InChI=1S/C20H17IO4/c1-12(22)11-24-17-9-8-15-13(2)16(10-14-6-4-3-5-7-14)20(23)25-19(15)18(17)21/h3-9H,10-11H2,1-2H3. The number of carbonyl (C=O) groups excluding carboxylic acids is 1. The van der Waals surface area contributed by atoms with Gasteiger partial charge < -0.3 is 9.15 Å². The van der Waals surface area contributed by atoms with E-state index in [1.807, 2.05) is 49.4 Å². The summed E-state index contributed by atoms with van der Waals surface area (Å²) in [5.74, 6) is 0.480. The zero-order chi connectivity index (χ0) is 18.0. The Kier molecular flexibility index (Phi) is 5.22. The van der Waals surface area contributed by atoms with Crippen LogP contribution < -0.4 is 10.4 Å². The molecule has 1 heterocycles. The van der Waals surface area contributed by atoms with Gasteiger partial charge in [-0.3, -0.25) is 4.79 Å². The normalized spacial score (nSPS) is 10.8. The molecule has 0 amide bonds. The average Bonchev–Trinajstić information content (AvgIpc) is 2.59. The first-order valence-corrected chi connectivity index (χ1v) is 8.96. The molecule has 0 N–H and O–H groups in total. The van der Waals surface area contributed by atoms with Crippen LogP contribution in [0.25, 0.3) is 11.0 Å². The number of hydrogen-bond donors (Lipinski definition) is 0. The van der Waals surface area contributed by atoms with E-state index in [4.69, 9.17) is 9.15 Å². The van der Waals surface area contributed by atoms with Gasteiger partial charge in [-0.05, 0) is 59.7 Å². The minimum Gasteiger partial charge on any atom is -0.485 e. The molecule has 4 nitrogen and oxygen atoms in total. The van der Waals surface area contributed by atoms with Crippen molar-refractivity contribution in [3.8, 4) is 5.75 Å². The zero-order valence-electron chi connectivity index (χ0n) is 14.0. The van der Waals surface area contributed by atoms with Crippen LogP contribution in [0.1, 0.15) is 23.6 Å². The molecule has 0 spiro atoms. The number of aryl methyl sites for hydroxylation is 1. The number of rotatable bonds is 5. The fraction of sp³-hybridized carbons (Fsp3) is 0.200. The van der Waals surface area contributed by atoms with Gasteiger partial charge in [0.25, 0.3) is 0 Å². The van der Waals surface area contributed by atoms with Gasteiger partial charge in [0.1, 0.15) is 12.4 Å². The van der Waals surface area contributed by atoms with Gasteiger partial charge in [0, 0.05) is 17.4 Å². The van der Waals surface area contributed by atoms with E-state index >= 15 is 0 Å². The van der Waals surface area contributed by atoms with E-state index in [0.29, 0.717) is 26.9 Å². The second-order valence-electron chi connectivity index (χ2n) is 5.90. The monoisotopic (exact) mass is 448 g/mol. The van der Waals surface area contributed by atoms with E-state index in [0.717, 1.165) is 16.5 Å². The summed E-state index contributed by atoms with van der Waals surface area (Å²) in [4.78, 5) is 23.6. The fourth-order valence-electron chi connectivity index (χ4n) is 2.70. The third-order valence-electron chi connectivity index (χ3n) is 4.01. The Morgan fingerprint density at radius 2 is 1.88 bits per heavy atom. The molecule has 3 aromatic rings. The molecule has 5 heteroatoms. The summed E-state index contributed by atoms with van der Waals surface area (Å²) in [5, 5.41) is 0.880. The molecule has 25 heavy (non-hydrogen) atoms. The predicted molar refractivity (Wildman–Crippen MR) is 105 cm³/mol. The fourth-order valence-corrected chi connectivity index (χ4v) is 3.43. The molecule has 2 aromatic carbocycles. The number of hydrogen-bond acceptors (Lipinski definition) is 4. The molecule has 0 aliphatic rings. The molecule has 1 aromatic heterocycles. The lowest BCUT2D eigenvalue weighted by Gasteiger charge is -2.12. The van der Waals surface area contributed by atoms with Crippen molar-refractivity contribution in [2.24, 2.45) is 0 Å². The first kappa shape index (κ1) is 17.7. The summed E-state index contributed by atoms with van der Waals surface area (Å²) in [6.45, 7) is 3.40. The summed E-state index contributed by atoms with van der Waals surface area (Å²) < 4.78 is 11.8. The molecule has 0 radical (unpaired) electrons. The topological polar surface area (TPSA) is 56.5 Å². The Bertz CT molecular complexity index is 990. The van der Waals surface area contributed by atoms with Gasteiger partial charge >= 0.3 is 5.63 Å². The number of Topliss-reactive ketones (excluding diaryl/α,β-unsaturated/α-hetero) is 1. The van der Waals surface area contributed by atoms with Crippen LogP contribution in [0.5, 0.6) is 5.75 Å². The van der Waals surface area contributed by atoms with Crippen LogP contribution in [0, 0.1) is 10.5 Å². The third kappa shape index (κ3) is 3.76. The summed E-state index contributed by atoms with van der Waals surface area (Å²) in [7, 11) is 0. The second-order valence-corrected chi connectivity index (χ2v) is 6.98. The quantitative estimate of drug-likeness (QED) is 0.433. The largest absolute Gasteiger partial charge is 0.485 e. The van der Waals surface area contributed by atoms with Crippen LogP contribution in [0.15, 0.2) is 51.7 Å². The van der Waals surface area contributed by atoms with Crippen molar-refractivity contribution >= 4 is 39.3 Å². The van der Waals surface area contributed by atoms with Crippen molar-refractivity contribution in [2.75, 3.05) is 6.61 Å². The molecule has 0 aliphatic carbocycles. The van der Waals surface area contributed by atoms with Gasteiger partial charge in [-0.1, -0.05) is 30.3 Å². The van der Waals surface area contributed by atoms with Gasteiger partial charge in [-0.2, -0.15) is 0 Å². The Balaban J connectivity index is 2.07. The molecule has 128 valence electrons. The Labute approximate surface area is 158 Å². The molecule has 0 fully saturated rings. The predicted octanol–water partition coefficient (Wildman–Crippen LogP) is 4.26. The molecule has 0 saturated heterocycles. The van der Waals surface area contributed by atoms with Crippen LogP contribution in [0.3, 0.4) is 0 Å². The molecule has 0 bridgehead atoms. The smallest absolute Gasteiger partial charge is 0.340 e. The number of benzene rings is 2. The third-order valence-corrected chi connectivity index (χ3v) is 5.04. The van der Waals surface area contributed by atoms with Crippen LogP contribution >= 0.6 is 22.6 Å². The highest BCUT2D eigenvalue weighted by molar-refractivity contribution is 14.1. The Hall–Kier alpha value is -2.15. The SMILES string of the molecule is CC(=O)COc1ccc2c(C)c(Cc3ccccc3)c(=O)oc2c1I. The second kappa shape index (κ2) is 7.39.